The van der Waals surface area contributed by atoms with Crippen LogP contribution in [0.25, 0.3) is 0 Å². The van der Waals surface area contributed by atoms with E-state index in [1.807, 2.05) is 0 Å². The zero-order valence-corrected chi connectivity index (χ0v) is 25.3. The third-order valence-electron chi connectivity index (χ3n) is 8.83. The van der Waals surface area contributed by atoms with Crippen molar-refractivity contribution in [3.8, 4) is 28.7 Å². The van der Waals surface area contributed by atoms with Gasteiger partial charge in [-0.25, -0.2) is 0 Å². The highest BCUT2D eigenvalue weighted by Gasteiger charge is 2.53. The van der Waals surface area contributed by atoms with E-state index in [9.17, 15) is 25.2 Å². The zero-order chi connectivity index (χ0) is 32.0. The fourth-order valence-corrected chi connectivity index (χ4v) is 6.72. The summed E-state index contributed by atoms with van der Waals surface area (Å²) in [7, 11) is 2.79. The highest BCUT2D eigenvalue weighted by Crippen LogP contribution is 2.55. The van der Waals surface area contributed by atoms with Gasteiger partial charge in [-0.3, -0.25) is 4.79 Å². The molecule has 4 N–H and O–H groups in total. The summed E-state index contributed by atoms with van der Waals surface area (Å²) in [4.78, 5) is 13.8. The minimum atomic E-state index is -1.53. The molecular weight excluding hydrogens is 596 g/mol. The molecular formula is C31H38O14. The first-order valence-electron chi connectivity index (χ1n) is 14.8. The first-order chi connectivity index (χ1) is 21.7. The molecule has 14 nitrogen and oxygen atoms in total. The van der Waals surface area contributed by atoms with Crippen LogP contribution in [0.3, 0.4) is 0 Å². The van der Waals surface area contributed by atoms with Crippen molar-refractivity contribution in [3.05, 3.63) is 41.0 Å². The van der Waals surface area contributed by atoms with Crippen molar-refractivity contribution in [1.82, 2.24) is 0 Å². The van der Waals surface area contributed by atoms with Gasteiger partial charge in [-0.05, 0) is 54.8 Å². The quantitative estimate of drug-likeness (QED) is 0.305. The number of ether oxygens (including phenoxy) is 9. The van der Waals surface area contributed by atoms with E-state index in [1.165, 1.54) is 14.2 Å². The highest BCUT2D eigenvalue weighted by atomic mass is 16.8. The average molecular weight is 635 g/mol. The molecule has 2 fully saturated rings. The Kier molecular flexibility index (Phi) is 8.98. The van der Waals surface area contributed by atoms with Gasteiger partial charge in [0.15, 0.2) is 35.6 Å². The largest absolute Gasteiger partial charge is 0.502 e. The lowest BCUT2D eigenvalue weighted by atomic mass is 9.65. The van der Waals surface area contributed by atoms with Crippen molar-refractivity contribution in [2.45, 2.75) is 62.9 Å². The van der Waals surface area contributed by atoms with Crippen LogP contribution in [0.2, 0.25) is 0 Å². The number of fused-ring (bicyclic) bond motifs is 3. The van der Waals surface area contributed by atoms with E-state index in [-0.39, 0.29) is 37.3 Å². The second kappa shape index (κ2) is 12.8. The molecule has 6 rings (SSSR count). The summed E-state index contributed by atoms with van der Waals surface area (Å²) in [6.45, 7) is 2.95. The molecule has 0 amide bonds. The summed E-state index contributed by atoms with van der Waals surface area (Å²) in [6.07, 6.45) is -7.52. The maximum Gasteiger partial charge on any atom is 0.310 e. The van der Waals surface area contributed by atoms with E-state index in [4.69, 9.17) is 42.6 Å². The predicted octanol–water partition coefficient (Wildman–Crippen LogP) is 1.34. The molecule has 2 aromatic carbocycles. The van der Waals surface area contributed by atoms with E-state index in [0.29, 0.717) is 28.2 Å². The number of benzene rings is 2. The van der Waals surface area contributed by atoms with Crippen molar-refractivity contribution < 1.29 is 67.9 Å². The Morgan fingerprint density at radius 1 is 0.978 bits per heavy atom. The van der Waals surface area contributed by atoms with Crippen molar-refractivity contribution >= 4 is 5.97 Å². The summed E-state index contributed by atoms with van der Waals surface area (Å²) >= 11 is 0. The normalized spacial score (nSPS) is 33.6. The standard InChI is InChI=1S/C31H38O14/c1-5-39-30(36)24-17(10-32)28(45-31-27(35)26(34)29-22(44-31)11-40-13(2)43-29)16-9-19-18(41-12-42-19)8-15(16)23(24)14-6-20(37-3)25(33)21(7-14)38-4/h6-9,13,17,22-24,26-29,31-35H,5,10-12H2,1-4H3/t13-,17+,22-,23-,24+,26-,27-,28-,29-,31+/m1/s1. The Hall–Kier alpha value is -3.37. The zero-order valence-electron chi connectivity index (χ0n) is 25.3. The summed E-state index contributed by atoms with van der Waals surface area (Å²) in [6, 6.07) is 6.62. The second-order valence-corrected chi connectivity index (χ2v) is 11.3. The Morgan fingerprint density at radius 3 is 2.27 bits per heavy atom. The Labute approximate surface area is 259 Å². The molecule has 10 atom stereocenters. The third-order valence-corrected chi connectivity index (χ3v) is 8.83. The molecule has 45 heavy (non-hydrogen) atoms. The Bertz CT molecular complexity index is 1370. The van der Waals surface area contributed by atoms with Gasteiger partial charge in [0.05, 0.1) is 39.5 Å². The van der Waals surface area contributed by atoms with Crippen molar-refractivity contribution in [3.63, 3.8) is 0 Å². The molecule has 1 aliphatic carbocycles. The Morgan fingerprint density at radius 2 is 1.64 bits per heavy atom. The monoisotopic (exact) mass is 634 g/mol. The van der Waals surface area contributed by atoms with Crippen LogP contribution in [0.4, 0.5) is 0 Å². The van der Waals surface area contributed by atoms with E-state index >= 15 is 0 Å². The van der Waals surface area contributed by atoms with Gasteiger partial charge >= 0.3 is 5.97 Å². The van der Waals surface area contributed by atoms with Crippen LogP contribution in [0.1, 0.15) is 42.6 Å². The van der Waals surface area contributed by atoms with Gasteiger partial charge in [0.25, 0.3) is 0 Å². The molecule has 2 aromatic rings. The summed E-state index contributed by atoms with van der Waals surface area (Å²) in [5, 5.41) is 43.6. The smallest absolute Gasteiger partial charge is 0.310 e. The van der Waals surface area contributed by atoms with Gasteiger partial charge < -0.3 is 63.1 Å². The van der Waals surface area contributed by atoms with Crippen LogP contribution in [-0.4, -0.2) is 104 Å². The average Bonchev–Trinajstić information content (AvgIpc) is 3.50. The number of rotatable bonds is 8. The minimum Gasteiger partial charge on any atom is -0.502 e. The van der Waals surface area contributed by atoms with Gasteiger partial charge in [0.1, 0.15) is 24.4 Å². The van der Waals surface area contributed by atoms with Gasteiger partial charge in [0, 0.05) is 18.4 Å². The molecule has 4 aliphatic rings. The number of aromatic hydroxyl groups is 1. The maximum atomic E-state index is 13.8. The molecule has 0 saturated carbocycles. The van der Waals surface area contributed by atoms with E-state index in [1.54, 1.807) is 38.1 Å². The maximum absolute atomic E-state index is 13.8. The molecule has 0 unspecified atom stereocenters. The lowest BCUT2D eigenvalue weighted by molar-refractivity contribution is -0.365. The predicted molar refractivity (Wildman–Crippen MR) is 151 cm³/mol. The molecule has 0 bridgehead atoms. The number of methoxy groups -OCH3 is 2. The summed E-state index contributed by atoms with van der Waals surface area (Å²) < 4.78 is 51.4. The molecule has 3 heterocycles. The van der Waals surface area contributed by atoms with Gasteiger partial charge in [-0.15, -0.1) is 0 Å². The molecule has 3 aliphatic heterocycles. The number of phenolic OH excluding ortho intramolecular Hbond substituents is 1. The molecule has 2 saturated heterocycles. The number of hydrogen-bond acceptors (Lipinski definition) is 14. The van der Waals surface area contributed by atoms with Gasteiger partial charge in [-0.2, -0.15) is 0 Å². The van der Waals surface area contributed by atoms with E-state index in [2.05, 4.69) is 0 Å². The topological polar surface area (TPSA) is 181 Å². The van der Waals surface area contributed by atoms with Gasteiger partial charge in [-0.1, -0.05) is 0 Å². The van der Waals surface area contributed by atoms with Crippen molar-refractivity contribution in [2.24, 2.45) is 11.8 Å². The van der Waals surface area contributed by atoms with Crippen LogP contribution in [0.15, 0.2) is 24.3 Å². The fourth-order valence-electron chi connectivity index (χ4n) is 6.72. The number of aliphatic hydroxyl groups is 3. The number of hydrogen-bond donors (Lipinski definition) is 4. The molecule has 14 heteroatoms. The van der Waals surface area contributed by atoms with E-state index in [0.717, 1.165) is 0 Å². The molecule has 0 spiro atoms. The number of phenols is 1. The number of carbonyl (C=O) groups is 1. The SMILES string of the molecule is CCOC(=O)[C@@H]1[C@H](c2cc(OC)c(O)c(OC)c2)c2cc3c(cc2[C@@H](O[C@@H]2O[C@@H]4CO[C@@H](C)O[C@H]4[C@H](O)[C@H]2O)[C@H]1CO)OCO3. The van der Waals surface area contributed by atoms with Crippen LogP contribution >= 0.6 is 0 Å². The first-order valence-corrected chi connectivity index (χ1v) is 14.8. The van der Waals surface area contributed by atoms with Crippen LogP contribution in [-0.2, 0) is 28.5 Å². The summed E-state index contributed by atoms with van der Waals surface area (Å²) in [5.41, 5.74) is 1.62. The highest BCUT2D eigenvalue weighted by molar-refractivity contribution is 5.77. The molecule has 0 aromatic heterocycles. The number of carbonyl (C=O) groups excluding carboxylic acids is 1. The number of aliphatic hydroxyl groups excluding tert-OH is 3. The van der Waals surface area contributed by atoms with Crippen molar-refractivity contribution in [1.29, 1.82) is 0 Å². The lowest BCUT2D eigenvalue weighted by Gasteiger charge is -2.48. The second-order valence-electron chi connectivity index (χ2n) is 11.3. The van der Waals surface area contributed by atoms with Crippen molar-refractivity contribution in [2.75, 3.05) is 40.8 Å². The first kappa shape index (κ1) is 31.6. The third kappa shape index (κ3) is 5.54. The van der Waals surface area contributed by atoms with Crippen LogP contribution in [0.5, 0.6) is 28.7 Å². The number of esters is 1. The van der Waals surface area contributed by atoms with E-state index < -0.39 is 73.4 Å². The molecule has 0 radical (unpaired) electrons. The Balaban J connectivity index is 1.48. The molecule has 246 valence electrons. The van der Waals surface area contributed by atoms with Crippen LogP contribution in [0, 0.1) is 11.8 Å². The lowest BCUT2D eigenvalue weighted by Crippen LogP contribution is -2.63. The summed E-state index contributed by atoms with van der Waals surface area (Å²) in [5.74, 6) is -2.53. The van der Waals surface area contributed by atoms with Gasteiger partial charge in [0.2, 0.25) is 12.5 Å². The fraction of sp³-hybridized carbons (Fsp3) is 0.581. The minimum absolute atomic E-state index is 0.0296. The van der Waals surface area contributed by atoms with Crippen LogP contribution < -0.4 is 18.9 Å².